The first kappa shape index (κ1) is 11.1. The highest BCUT2D eigenvalue weighted by Crippen LogP contribution is 2.37. The number of rotatable bonds is 4. The Morgan fingerprint density at radius 1 is 1.16 bits per heavy atom. The molecule has 2 aromatic heterocycles. The maximum absolute atomic E-state index is 4.64. The van der Waals surface area contributed by atoms with Crippen LogP contribution in [0.4, 0.5) is 0 Å². The van der Waals surface area contributed by atoms with Crippen molar-refractivity contribution >= 4 is 21.6 Å². The molecule has 0 radical (unpaired) electrons. The second-order valence-electron chi connectivity index (χ2n) is 4.99. The second kappa shape index (κ2) is 4.42. The molecule has 1 saturated carbocycles. The lowest BCUT2D eigenvalue weighted by atomic mass is 10.3. The average Bonchev–Trinajstić information content (AvgIpc) is 3.03. The number of para-hydroxylation sites is 1. The topological polar surface area (TPSA) is 54.5 Å². The van der Waals surface area contributed by atoms with Crippen LogP contribution in [0.5, 0.6) is 0 Å². The van der Waals surface area contributed by atoms with Crippen molar-refractivity contribution in [2.75, 3.05) is 0 Å². The Morgan fingerprint density at radius 2 is 2.05 bits per heavy atom. The number of fused-ring (bicyclic) bond motifs is 1. The molecule has 2 heterocycles. The summed E-state index contributed by atoms with van der Waals surface area (Å²) in [4.78, 5) is 9.19. The minimum atomic E-state index is 0.618. The van der Waals surface area contributed by atoms with Crippen LogP contribution in [0, 0.1) is 0 Å². The largest absolute Gasteiger partial charge is 0.263 e. The first-order valence-electron chi connectivity index (χ1n) is 6.64. The zero-order chi connectivity index (χ0) is 12.7. The monoisotopic (exact) mass is 270 g/mol. The zero-order valence-corrected chi connectivity index (χ0v) is 11.3. The van der Waals surface area contributed by atoms with Gasteiger partial charge in [0.2, 0.25) is 0 Å². The molecule has 0 bridgehead atoms. The molecular formula is C14H14N4S. The van der Waals surface area contributed by atoms with Gasteiger partial charge in [0, 0.05) is 18.8 Å². The maximum Gasteiger partial charge on any atom is 0.153 e. The lowest BCUT2D eigenvalue weighted by Gasteiger charge is -1.92. The van der Waals surface area contributed by atoms with Crippen molar-refractivity contribution in [2.24, 2.45) is 0 Å². The highest BCUT2D eigenvalue weighted by molar-refractivity contribution is 7.18. The molecule has 96 valence electrons. The van der Waals surface area contributed by atoms with Crippen LogP contribution in [0.15, 0.2) is 24.3 Å². The number of hydrogen-bond acceptors (Lipinski definition) is 4. The van der Waals surface area contributed by atoms with E-state index in [4.69, 9.17) is 0 Å². The number of aromatic nitrogens is 4. The summed E-state index contributed by atoms with van der Waals surface area (Å²) in [6.45, 7) is 0. The molecule has 0 aliphatic heterocycles. The van der Waals surface area contributed by atoms with E-state index in [1.54, 1.807) is 11.3 Å². The van der Waals surface area contributed by atoms with Gasteiger partial charge in [-0.05, 0) is 25.0 Å². The van der Waals surface area contributed by atoms with E-state index in [9.17, 15) is 0 Å². The third-order valence-corrected chi connectivity index (χ3v) is 4.50. The van der Waals surface area contributed by atoms with Crippen LogP contribution in [0.25, 0.3) is 10.2 Å². The fraction of sp³-hybridized carbons (Fsp3) is 0.357. The summed E-state index contributed by atoms with van der Waals surface area (Å²) in [5.74, 6) is 2.60. The second-order valence-corrected chi connectivity index (χ2v) is 6.11. The third-order valence-electron chi connectivity index (χ3n) is 3.41. The number of thiazole rings is 1. The van der Waals surface area contributed by atoms with Gasteiger partial charge in [-0.1, -0.05) is 12.1 Å². The molecule has 1 aliphatic rings. The van der Waals surface area contributed by atoms with Gasteiger partial charge in [-0.3, -0.25) is 5.10 Å². The number of nitrogens with one attached hydrogen (secondary N) is 1. The predicted octanol–water partition coefficient (Wildman–Crippen LogP) is 3.08. The van der Waals surface area contributed by atoms with E-state index in [0.717, 1.165) is 30.0 Å². The standard InChI is InChI=1S/C14H14N4S/c1-2-4-11-10(3-1)15-13(19-11)8-7-12-16-14(18-17-12)9-5-6-9/h1-4,9H,5-8H2,(H,16,17,18). The SMILES string of the molecule is c1ccc2sc(CCc3nc(C4CC4)n[nH]3)nc2c1. The summed E-state index contributed by atoms with van der Waals surface area (Å²) in [6, 6.07) is 8.28. The number of aryl methyl sites for hydroxylation is 2. The molecule has 5 heteroatoms. The van der Waals surface area contributed by atoms with Gasteiger partial charge in [-0.15, -0.1) is 11.3 Å². The molecule has 0 atom stereocenters. The Kier molecular flexibility index (Phi) is 2.58. The van der Waals surface area contributed by atoms with Gasteiger partial charge in [-0.2, -0.15) is 5.10 Å². The predicted molar refractivity (Wildman–Crippen MR) is 75.4 cm³/mol. The molecule has 3 aromatic rings. The Morgan fingerprint density at radius 3 is 2.89 bits per heavy atom. The van der Waals surface area contributed by atoms with E-state index in [-0.39, 0.29) is 0 Å². The van der Waals surface area contributed by atoms with Gasteiger partial charge in [0.05, 0.1) is 15.2 Å². The van der Waals surface area contributed by atoms with E-state index < -0.39 is 0 Å². The van der Waals surface area contributed by atoms with Gasteiger partial charge < -0.3 is 0 Å². The van der Waals surface area contributed by atoms with Crippen LogP contribution < -0.4 is 0 Å². The average molecular weight is 270 g/mol. The lowest BCUT2D eigenvalue weighted by Crippen LogP contribution is -1.93. The van der Waals surface area contributed by atoms with Crippen LogP contribution in [-0.4, -0.2) is 20.2 Å². The lowest BCUT2D eigenvalue weighted by molar-refractivity contribution is 0.860. The number of aromatic amines is 1. The van der Waals surface area contributed by atoms with Crippen molar-refractivity contribution in [3.05, 3.63) is 40.9 Å². The summed E-state index contributed by atoms with van der Waals surface area (Å²) >= 11 is 1.77. The molecule has 1 aliphatic carbocycles. The van der Waals surface area contributed by atoms with Crippen molar-refractivity contribution < 1.29 is 0 Å². The fourth-order valence-corrected chi connectivity index (χ4v) is 3.17. The van der Waals surface area contributed by atoms with Gasteiger partial charge in [-0.25, -0.2) is 9.97 Å². The fourth-order valence-electron chi connectivity index (χ4n) is 2.20. The summed E-state index contributed by atoms with van der Waals surface area (Å²) in [5.41, 5.74) is 1.10. The summed E-state index contributed by atoms with van der Waals surface area (Å²) < 4.78 is 1.26. The van der Waals surface area contributed by atoms with E-state index in [1.807, 2.05) is 6.07 Å². The minimum Gasteiger partial charge on any atom is -0.263 e. The van der Waals surface area contributed by atoms with Crippen LogP contribution >= 0.6 is 11.3 Å². The molecule has 4 rings (SSSR count). The van der Waals surface area contributed by atoms with Crippen molar-refractivity contribution in [3.63, 3.8) is 0 Å². The third kappa shape index (κ3) is 2.26. The molecule has 0 spiro atoms. The summed E-state index contributed by atoms with van der Waals surface area (Å²) in [6.07, 6.45) is 4.31. The Hall–Kier alpha value is -1.75. The number of nitrogens with zero attached hydrogens (tertiary/aromatic N) is 3. The van der Waals surface area contributed by atoms with E-state index in [2.05, 4.69) is 38.4 Å². The van der Waals surface area contributed by atoms with Gasteiger partial charge in [0.15, 0.2) is 5.82 Å². The number of hydrogen-bond donors (Lipinski definition) is 1. The molecular weight excluding hydrogens is 256 g/mol. The van der Waals surface area contributed by atoms with Crippen molar-refractivity contribution in [2.45, 2.75) is 31.6 Å². The molecule has 0 amide bonds. The Balaban J connectivity index is 1.48. The molecule has 0 saturated heterocycles. The molecule has 1 aromatic carbocycles. The highest BCUT2D eigenvalue weighted by atomic mass is 32.1. The van der Waals surface area contributed by atoms with Crippen molar-refractivity contribution in [1.29, 1.82) is 0 Å². The first-order valence-corrected chi connectivity index (χ1v) is 7.46. The highest BCUT2D eigenvalue weighted by Gasteiger charge is 2.27. The summed E-state index contributed by atoms with van der Waals surface area (Å²) in [5, 5.41) is 8.50. The molecule has 1 fully saturated rings. The molecule has 4 nitrogen and oxygen atoms in total. The van der Waals surface area contributed by atoms with Gasteiger partial charge in [0.25, 0.3) is 0 Å². The van der Waals surface area contributed by atoms with E-state index >= 15 is 0 Å². The van der Waals surface area contributed by atoms with Gasteiger partial charge in [0.1, 0.15) is 5.82 Å². The first-order chi connectivity index (χ1) is 9.38. The molecule has 1 N–H and O–H groups in total. The Bertz CT molecular complexity index is 678. The quantitative estimate of drug-likeness (QED) is 0.792. The van der Waals surface area contributed by atoms with Crippen molar-refractivity contribution in [3.8, 4) is 0 Å². The van der Waals surface area contributed by atoms with E-state index in [0.29, 0.717) is 5.92 Å². The normalized spacial score (nSPS) is 15.2. The van der Waals surface area contributed by atoms with Gasteiger partial charge >= 0.3 is 0 Å². The maximum atomic E-state index is 4.64. The van der Waals surface area contributed by atoms with Crippen LogP contribution in [0.1, 0.15) is 35.4 Å². The Labute approximate surface area is 114 Å². The van der Waals surface area contributed by atoms with E-state index in [1.165, 1.54) is 22.5 Å². The zero-order valence-electron chi connectivity index (χ0n) is 10.5. The summed E-state index contributed by atoms with van der Waals surface area (Å²) in [7, 11) is 0. The molecule has 0 unspecified atom stereocenters. The van der Waals surface area contributed by atoms with Crippen LogP contribution in [-0.2, 0) is 12.8 Å². The van der Waals surface area contributed by atoms with Crippen LogP contribution in [0.2, 0.25) is 0 Å². The van der Waals surface area contributed by atoms with Crippen LogP contribution in [0.3, 0.4) is 0 Å². The number of benzene rings is 1. The minimum absolute atomic E-state index is 0.618. The molecule has 19 heavy (non-hydrogen) atoms. The van der Waals surface area contributed by atoms with Crippen molar-refractivity contribution in [1.82, 2.24) is 20.2 Å². The smallest absolute Gasteiger partial charge is 0.153 e. The number of H-pyrrole nitrogens is 1.